The Bertz CT molecular complexity index is 715. The van der Waals surface area contributed by atoms with Gasteiger partial charge in [0.1, 0.15) is 0 Å². The molecule has 0 saturated carbocycles. The Labute approximate surface area is 119 Å². The molecular formula is C14H13N3O2S. The van der Waals surface area contributed by atoms with Crippen molar-refractivity contribution in [2.75, 3.05) is 0 Å². The molecule has 0 fully saturated rings. The molecule has 20 heavy (non-hydrogen) atoms. The molecule has 1 aliphatic carbocycles. The predicted molar refractivity (Wildman–Crippen MR) is 73.6 cm³/mol. The van der Waals surface area contributed by atoms with Crippen LogP contribution in [0.3, 0.4) is 0 Å². The summed E-state index contributed by atoms with van der Waals surface area (Å²) >= 11 is 1.69. The van der Waals surface area contributed by atoms with Gasteiger partial charge in [-0.25, -0.2) is 0 Å². The molecule has 0 bridgehead atoms. The summed E-state index contributed by atoms with van der Waals surface area (Å²) in [5, 5.41) is 10.2. The lowest BCUT2D eigenvalue weighted by Crippen LogP contribution is -2.01. The smallest absolute Gasteiger partial charge is 0.296 e. The summed E-state index contributed by atoms with van der Waals surface area (Å²) in [6, 6.07) is 4.09. The van der Waals surface area contributed by atoms with E-state index in [1.54, 1.807) is 11.3 Å². The molecule has 1 aliphatic rings. The number of hydrogen-bond donors (Lipinski definition) is 0. The molecule has 0 saturated heterocycles. The normalized spacial score (nSPS) is 14.4. The van der Waals surface area contributed by atoms with Crippen LogP contribution in [0.15, 0.2) is 26.6 Å². The van der Waals surface area contributed by atoms with Crippen molar-refractivity contribution in [3.8, 4) is 11.7 Å². The molecule has 0 radical (unpaired) electrons. The molecule has 102 valence electrons. The van der Waals surface area contributed by atoms with E-state index in [0.717, 1.165) is 30.5 Å². The third-order valence-electron chi connectivity index (χ3n) is 3.53. The van der Waals surface area contributed by atoms with Crippen LogP contribution in [0.4, 0.5) is 0 Å². The van der Waals surface area contributed by atoms with Gasteiger partial charge in [-0.15, -0.1) is 11.3 Å². The first-order chi connectivity index (χ1) is 9.90. The van der Waals surface area contributed by atoms with Gasteiger partial charge >= 0.3 is 0 Å². The molecule has 3 heterocycles. The SMILES string of the molecule is c1csc(Cc2noc(-c3onc4c3CCCC4)n2)c1. The summed E-state index contributed by atoms with van der Waals surface area (Å²) < 4.78 is 10.7. The third kappa shape index (κ3) is 2.06. The van der Waals surface area contributed by atoms with Crippen molar-refractivity contribution >= 4 is 11.3 Å². The zero-order chi connectivity index (χ0) is 13.4. The van der Waals surface area contributed by atoms with Gasteiger partial charge < -0.3 is 9.05 Å². The highest BCUT2D eigenvalue weighted by Crippen LogP contribution is 2.30. The fourth-order valence-electron chi connectivity index (χ4n) is 2.55. The molecule has 0 amide bonds. The highest BCUT2D eigenvalue weighted by Gasteiger charge is 2.24. The van der Waals surface area contributed by atoms with Gasteiger partial charge in [-0.2, -0.15) is 4.98 Å². The molecule has 3 aromatic rings. The maximum atomic E-state index is 5.41. The van der Waals surface area contributed by atoms with Crippen LogP contribution in [0, 0.1) is 0 Å². The summed E-state index contributed by atoms with van der Waals surface area (Å²) in [6.45, 7) is 0. The van der Waals surface area contributed by atoms with Crippen molar-refractivity contribution in [3.63, 3.8) is 0 Å². The van der Waals surface area contributed by atoms with Gasteiger partial charge in [0, 0.05) is 16.9 Å². The molecule has 4 rings (SSSR count). The second-order valence-corrected chi connectivity index (χ2v) is 5.95. The first-order valence-electron chi connectivity index (χ1n) is 6.73. The van der Waals surface area contributed by atoms with E-state index in [4.69, 9.17) is 9.05 Å². The van der Waals surface area contributed by atoms with E-state index < -0.39 is 0 Å². The van der Waals surface area contributed by atoms with E-state index in [0.29, 0.717) is 23.9 Å². The van der Waals surface area contributed by atoms with Crippen LogP contribution in [-0.4, -0.2) is 15.3 Å². The maximum Gasteiger partial charge on any atom is 0.296 e. The zero-order valence-corrected chi connectivity index (χ0v) is 11.7. The fraction of sp³-hybridized carbons (Fsp3) is 0.357. The third-order valence-corrected chi connectivity index (χ3v) is 4.41. The Hall–Kier alpha value is -1.95. The Morgan fingerprint density at radius 1 is 1.15 bits per heavy atom. The van der Waals surface area contributed by atoms with E-state index in [2.05, 4.69) is 21.4 Å². The monoisotopic (exact) mass is 287 g/mol. The average Bonchev–Trinajstić information content (AvgIpc) is 3.18. The van der Waals surface area contributed by atoms with Crippen molar-refractivity contribution in [2.45, 2.75) is 32.1 Å². The summed E-state index contributed by atoms with van der Waals surface area (Å²) in [4.78, 5) is 5.65. The summed E-state index contributed by atoms with van der Waals surface area (Å²) in [7, 11) is 0. The Morgan fingerprint density at radius 2 is 2.10 bits per heavy atom. The number of rotatable bonds is 3. The van der Waals surface area contributed by atoms with Gasteiger partial charge in [0.15, 0.2) is 5.82 Å². The van der Waals surface area contributed by atoms with E-state index in [-0.39, 0.29) is 0 Å². The van der Waals surface area contributed by atoms with Crippen LogP contribution in [0.1, 0.15) is 34.8 Å². The van der Waals surface area contributed by atoms with E-state index >= 15 is 0 Å². The maximum absolute atomic E-state index is 5.41. The molecule has 5 nitrogen and oxygen atoms in total. The molecule has 0 atom stereocenters. The van der Waals surface area contributed by atoms with Crippen LogP contribution in [0.5, 0.6) is 0 Å². The van der Waals surface area contributed by atoms with Gasteiger partial charge in [-0.05, 0) is 37.1 Å². The zero-order valence-electron chi connectivity index (χ0n) is 10.8. The lowest BCUT2D eigenvalue weighted by atomic mass is 9.96. The van der Waals surface area contributed by atoms with Crippen molar-refractivity contribution in [1.29, 1.82) is 0 Å². The Balaban J connectivity index is 1.63. The van der Waals surface area contributed by atoms with Gasteiger partial charge in [-0.1, -0.05) is 16.4 Å². The molecule has 6 heteroatoms. The van der Waals surface area contributed by atoms with Gasteiger partial charge in [-0.3, -0.25) is 0 Å². The number of aromatic nitrogens is 3. The van der Waals surface area contributed by atoms with Crippen molar-refractivity contribution in [2.24, 2.45) is 0 Å². The number of nitrogens with zero attached hydrogens (tertiary/aromatic N) is 3. The predicted octanol–water partition coefficient (Wildman–Crippen LogP) is 3.26. The second kappa shape index (κ2) is 4.86. The number of aryl methyl sites for hydroxylation is 1. The highest BCUT2D eigenvalue weighted by atomic mass is 32.1. The van der Waals surface area contributed by atoms with Crippen molar-refractivity contribution in [1.82, 2.24) is 15.3 Å². The number of hydrogen-bond acceptors (Lipinski definition) is 6. The van der Waals surface area contributed by atoms with Crippen LogP contribution in [-0.2, 0) is 19.3 Å². The minimum atomic E-state index is 0.451. The first-order valence-corrected chi connectivity index (χ1v) is 7.61. The van der Waals surface area contributed by atoms with E-state index in [1.807, 2.05) is 11.4 Å². The Kier molecular flexibility index (Phi) is 2.88. The van der Waals surface area contributed by atoms with Crippen LogP contribution >= 0.6 is 11.3 Å². The minimum absolute atomic E-state index is 0.451. The van der Waals surface area contributed by atoms with Crippen molar-refractivity contribution in [3.05, 3.63) is 39.5 Å². The molecule has 0 aromatic carbocycles. The highest BCUT2D eigenvalue weighted by molar-refractivity contribution is 7.09. The lowest BCUT2D eigenvalue weighted by Gasteiger charge is -2.07. The fourth-order valence-corrected chi connectivity index (χ4v) is 3.25. The van der Waals surface area contributed by atoms with Gasteiger partial charge in [0.25, 0.3) is 5.89 Å². The summed E-state index contributed by atoms with van der Waals surface area (Å²) in [5.41, 5.74) is 2.19. The largest absolute Gasteiger partial charge is 0.350 e. The standard InChI is InChI=1S/C14H13N3O2S/c1-2-6-11-10(5-1)13(18-16-11)14-15-12(17-19-14)8-9-4-3-7-20-9/h3-4,7H,1-2,5-6,8H2. The first kappa shape index (κ1) is 11.8. The van der Waals surface area contributed by atoms with Gasteiger partial charge in [0.2, 0.25) is 5.76 Å². The van der Waals surface area contributed by atoms with E-state index in [1.165, 1.54) is 11.3 Å². The summed E-state index contributed by atoms with van der Waals surface area (Å²) in [5.74, 6) is 1.79. The van der Waals surface area contributed by atoms with Crippen molar-refractivity contribution < 1.29 is 9.05 Å². The minimum Gasteiger partial charge on any atom is -0.350 e. The summed E-state index contributed by atoms with van der Waals surface area (Å²) in [6.07, 6.45) is 4.99. The average molecular weight is 287 g/mol. The second-order valence-electron chi connectivity index (χ2n) is 4.92. The molecule has 0 N–H and O–H groups in total. The van der Waals surface area contributed by atoms with E-state index in [9.17, 15) is 0 Å². The van der Waals surface area contributed by atoms with Gasteiger partial charge in [0.05, 0.1) is 5.69 Å². The quantitative estimate of drug-likeness (QED) is 0.739. The number of fused-ring (bicyclic) bond motifs is 1. The van der Waals surface area contributed by atoms with Crippen LogP contribution < -0.4 is 0 Å². The molecule has 0 spiro atoms. The topological polar surface area (TPSA) is 65.0 Å². The molecule has 0 aliphatic heterocycles. The number of thiophene rings is 1. The molecule has 0 unspecified atom stereocenters. The Morgan fingerprint density at radius 3 is 3.00 bits per heavy atom. The van der Waals surface area contributed by atoms with Crippen LogP contribution in [0.2, 0.25) is 0 Å². The lowest BCUT2D eigenvalue weighted by molar-refractivity contribution is 0.379. The molecule has 3 aromatic heterocycles. The van der Waals surface area contributed by atoms with Crippen LogP contribution in [0.25, 0.3) is 11.7 Å². The molecular weight excluding hydrogens is 274 g/mol.